The van der Waals surface area contributed by atoms with Crippen molar-refractivity contribution in [3.05, 3.63) is 235 Å². The lowest BCUT2D eigenvalue weighted by Gasteiger charge is -2.43. The van der Waals surface area contributed by atoms with Gasteiger partial charge in [0.05, 0.1) is 0 Å². The number of hydrogen-bond donors (Lipinski definition) is 0. The molecule has 1 saturated carbocycles. The van der Waals surface area contributed by atoms with Gasteiger partial charge >= 0.3 is 0 Å². The minimum absolute atomic E-state index is 0.148. The first-order valence-electron chi connectivity index (χ1n) is 23.2. The second kappa shape index (κ2) is 15.8. The van der Waals surface area contributed by atoms with Crippen molar-refractivity contribution in [2.24, 2.45) is 5.92 Å². The van der Waals surface area contributed by atoms with Gasteiger partial charge in [-0.3, -0.25) is 0 Å². The smallest absolute Gasteiger partial charge is 0.179 e. The molecule has 0 bridgehead atoms. The van der Waals surface area contributed by atoms with Crippen molar-refractivity contribution < 1.29 is 0 Å². The number of fused-ring (bicyclic) bond motifs is 6. The lowest BCUT2D eigenvalue weighted by Crippen LogP contribution is -2.74. The van der Waals surface area contributed by atoms with Crippen LogP contribution in [0.15, 0.2) is 218 Å². The van der Waals surface area contributed by atoms with Crippen molar-refractivity contribution in [2.45, 2.75) is 50.0 Å². The quantitative estimate of drug-likeness (QED) is 0.113. The van der Waals surface area contributed by atoms with Gasteiger partial charge in [0.15, 0.2) is 25.5 Å². The highest BCUT2D eigenvalue weighted by atomic mass is 28.3. The molecule has 2 aliphatic carbocycles. The van der Waals surface area contributed by atoms with E-state index in [2.05, 4.69) is 231 Å². The Morgan fingerprint density at radius 2 is 0.908 bits per heavy atom. The first-order chi connectivity index (χ1) is 32.0. The molecule has 5 heteroatoms. The van der Waals surface area contributed by atoms with Crippen molar-refractivity contribution in [1.82, 2.24) is 15.0 Å². The first kappa shape index (κ1) is 39.4. The van der Waals surface area contributed by atoms with Crippen LogP contribution in [0.25, 0.3) is 34.2 Å². The highest BCUT2D eigenvalue weighted by molar-refractivity contribution is 7.19. The van der Waals surface area contributed by atoms with E-state index in [-0.39, 0.29) is 5.41 Å². The van der Waals surface area contributed by atoms with E-state index >= 15 is 0 Å². The maximum Gasteiger partial charge on any atom is 0.179 e. The minimum atomic E-state index is -2.80. The third-order valence-electron chi connectivity index (χ3n) is 15.1. The molecule has 12 rings (SSSR count). The lowest BCUT2D eigenvalue weighted by atomic mass is 9.64. The highest BCUT2D eigenvalue weighted by Crippen LogP contribution is 2.63. The van der Waals surface area contributed by atoms with E-state index in [9.17, 15) is 0 Å². The Balaban J connectivity index is 0.990. The predicted octanol–water partition coefficient (Wildman–Crippen LogP) is 11.3. The molecule has 0 radical (unpaired) electrons. The molecule has 4 unspecified atom stereocenters. The summed E-state index contributed by atoms with van der Waals surface area (Å²) >= 11 is 0. The maximum atomic E-state index is 5.39. The number of para-hydroxylation sites is 1. The normalized spacial score (nSPS) is 19.2. The van der Waals surface area contributed by atoms with Gasteiger partial charge in [-0.1, -0.05) is 214 Å². The summed E-state index contributed by atoms with van der Waals surface area (Å²) in [6, 6.07) is 80.3. The van der Waals surface area contributed by atoms with E-state index in [1.165, 1.54) is 49.7 Å². The van der Waals surface area contributed by atoms with Gasteiger partial charge in [-0.15, -0.1) is 0 Å². The Morgan fingerprint density at radius 3 is 1.54 bits per heavy atom. The van der Waals surface area contributed by atoms with E-state index in [0.29, 0.717) is 41.3 Å². The summed E-state index contributed by atoms with van der Waals surface area (Å²) in [5, 5.41) is 5.25. The van der Waals surface area contributed by atoms with Crippen molar-refractivity contribution in [2.75, 3.05) is 4.90 Å². The molecule has 0 amide bonds. The van der Waals surface area contributed by atoms with Crippen LogP contribution in [0.4, 0.5) is 11.4 Å². The average Bonchev–Trinajstić information content (AvgIpc) is 3.82. The molecule has 3 aliphatic rings. The fraction of sp³-hybridized carbons (Fsp3) is 0.150. The summed E-state index contributed by atoms with van der Waals surface area (Å²) < 4.78 is 0. The third-order valence-corrected chi connectivity index (χ3v) is 19.9. The van der Waals surface area contributed by atoms with Gasteiger partial charge in [-0.2, -0.15) is 0 Å². The van der Waals surface area contributed by atoms with E-state index in [0.717, 1.165) is 23.1 Å². The fourth-order valence-electron chi connectivity index (χ4n) is 12.2. The average molecular weight is 855 g/mol. The number of hydrogen-bond acceptors (Lipinski definition) is 4. The van der Waals surface area contributed by atoms with Crippen LogP contribution in [-0.4, -0.2) is 29.1 Å². The molecule has 9 aromatic rings. The van der Waals surface area contributed by atoms with Crippen LogP contribution in [0.1, 0.15) is 55.2 Å². The SMILES string of the molecule is CC1(C)c2ccccc2C2CC3C(CC21)c1ccccc1N3c1cccc(-c2nc(-c3ccccc3)nc(-c3cccc([Si](c4ccccc4)(c4ccccc4)c4ccccc4)c3)n2)c1. The fourth-order valence-corrected chi connectivity index (χ4v) is 17.0. The lowest BCUT2D eigenvalue weighted by molar-refractivity contribution is 0.201. The zero-order valence-electron chi connectivity index (χ0n) is 36.8. The number of rotatable bonds is 8. The molecule has 8 aromatic carbocycles. The summed E-state index contributed by atoms with van der Waals surface area (Å²) in [7, 11) is -2.80. The Labute approximate surface area is 383 Å². The minimum Gasteiger partial charge on any atom is -0.337 e. The number of benzene rings is 8. The number of nitrogens with zero attached hydrogens (tertiary/aromatic N) is 4. The molecule has 0 N–H and O–H groups in total. The molecule has 0 spiro atoms. The molecule has 1 aliphatic heterocycles. The summed E-state index contributed by atoms with van der Waals surface area (Å²) in [5.41, 5.74) is 10.1. The number of aromatic nitrogens is 3. The van der Waals surface area contributed by atoms with Gasteiger partial charge in [0.2, 0.25) is 0 Å². The molecular weight excluding hydrogens is 805 g/mol. The van der Waals surface area contributed by atoms with Crippen molar-refractivity contribution in [1.29, 1.82) is 0 Å². The van der Waals surface area contributed by atoms with E-state index in [1.807, 2.05) is 6.07 Å². The van der Waals surface area contributed by atoms with E-state index in [1.54, 1.807) is 5.56 Å². The van der Waals surface area contributed by atoms with Gasteiger partial charge in [-0.05, 0) is 85.7 Å². The Morgan fingerprint density at radius 1 is 0.431 bits per heavy atom. The Bertz CT molecular complexity index is 3080. The summed E-state index contributed by atoms with van der Waals surface area (Å²) in [5.74, 6) is 3.59. The third kappa shape index (κ3) is 6.43. The van der Waals surface area contributed by atoms with Gasteiger partial charge in [-0.25, -0.2) is 15.0 Å². The molecule has 4 nitrogen and oxygen atoms in total. The van der Waals surface area contributed by atoms with Crippen LogP contribution < -0.4 is 25.6 Å². The van der Waals surface area contributed by atoms with Crippen LogP contribution in [0.3, 0.4) is 0 Å². The topological polar surface area (TPSA) is 41.9 Å². The molecule has 2 heterocycles. The first-order valence-corrected chi connectivity index (χ1v) is 25.2. The summed E-state index contributed by atoms with van der Waals surface area (Å²) in [6.07, 6.45) is 2.31. The number of anilines is 2. The maximum absolute atomic E-state index is 5.39. The van der Waals surface area contributed by atoms with Gasteiger partial charge < -0.3 is 4.90 Å². The van der Waals surface area contributed by atoms with Crippen molar-refractivity contribution in [3.63, 3.8) is 0 Å². The van der Waals surface area contributed by atoms with Crippen molar-refractivity contribution >= 4 is 40.2 Å². The molecule has 65 heavy (non-hydrogen) atoms. The van der Waals surface area contributed by atoms with Crippen LogP contribution in [-0.2, 0) is 5.41 Å². The molecule has 0 saturated heterocycles. The molecule has 4 atom stereocenters. The monoisotopic (exact) mass is 854 g/mol. The molecular formula is C60H50N4Si. The van der Waals surface area contributed by atoms with Gasteiger partial charge in [0.25, 0.3) is 0 Å². The largest absolute Gasteiger partial charge is 0.337 e. The van der Waals surface area contributed by atoms with Crippen LogP contribution in [0.2, 0.25) is 0 Å². The van der Waals surface area contributed by atoms with Gasteiger partial charge in [0, 0.05) is 40.0 Å². The molecule has 314 valence electrons. The molecule has 1 fully saturated rings. The zero-order valence-corrected chi connectivity index (χ0v) is 37.8. The highest BCUT2D eigenvalue weighted by Gasteiger charge is 2.54. The standard InChI is InChI=1S/C60H50N4Si/c1-60(2)53-35-17-15-33-49(53)51-40-56-52(39-54(51)60)50-34-16-18-36-55(50)64(56)44-25-19-23-42(37-44)58-61-57(41-21-7-3-8-22-41)62-59(63-58)43-24-20-32-48(38-43)65(45-26-9-4-10-27-45,46-28-11-5-12-29-46)47-30-13-6-14-31-47/h3-38,51-52,54,56H,39-40H2,1-2H3. The summed E-state index contributed by atoms with van der Waals surface area (Å²) in [4.78, 5) is 18.6. The van der Waals surface area contributed by atoms with Crippen LogP contribution in [0, 0.1) is 5.92 Å². The van der Waals surface area contributed by atoms with Crippen molar-refractivity contribution in [3.8, 4) is 34.2 Å². The van der Waals surface area contributed by atoms with E-state index in [4.69, 9.17) is 15.0 Å². The van der Waals surface area contributed by atoms with E-state index < -0.39 is 8.07 Å². The summed E-state index contributed by atoms with van der Waals surface area (Å²) in [6.45, 7) is 4.96. The van der Waals surface area contributed by atoms with Crippen LogP contribution in [0.5, 0.6) is 0 Å². The van der Waals surface area contributed by atoms with Gasteiger partial charge in [0.1, 0.15) is 0 Å². The van der Waals surface area contributed by atoms with Crippen LogP contribution >= 0.6 is 0 Å². The second-order valence-corrected chi connectivity index (χ2v) is 22.6. The molecule has 1 aromatic heterocycles. The second-order valence-electron chi connectivity index (χ2n) is 18.7. The zero-order chi connectivity index (χ0) is 43.5. The predicted molar refractivity (Wildman–Crippen MR) is 270 cm³/mol. The Hall–Kier alpha value is -7.21. The Kier molecular flexibility index (Phi) is 9.57.